The SMILES string of the molecule is CCN1C(=O)[C@@H](CNc2ccc(CCN3CCN(C)CC3)cc2)S/C1=C(/C#N)C(=O)NCc1ccncc1. The van der Waals surface area contributed by atoms with Gasteiger partial charge in [0.2, 0.25) is 5.91 Å². The Morgan fingerprint density at radius 1 is 1.11 bits per heavy atom. The first-order valence-electron chi connectivity index (χ1n) is 13.0. The highest BCUT2D eigenvalue weighted by atomic mass is 32.2. The Balaban J connectivity index is 1.32. The lowest BCUT2D eigenvalue weighted by molar-refractivity contribution is -0.127. The Kier molecular flexibility index (Phi) is 9.76. The molecule has 9 nitrogen and oxygen atoms in total. The van der Waals surface area contributed by atoms with Gasteiger partial charge in [-0.25, -0.2) is 0 Å². The highest BCUT2D eigenvalue weighted by molar-refractivity contribution is 8.04. The van der Waals surface area contributed by atoms with Crippen LogP contribution in [0.3, 0.4) is 0 Å². The summed E-state index contributed by atoms with van der Waals surface area (Å²) in [7, 11) is 2.17. The Morgan fingerprint density at radius 2 is 1.82 bits per heavy atom. The Bertz CT molecular complexity index is 1170. The van der Waals surface area contributed by atoms with Crippen molar-refractivity contribution in [3.8, 4) is 6.07 Å². The average Bonchev–Trinajstić information content (AvgIpc) is 3.26. The van der Waals surface area contributed by atoms with Crippen LogP contribution in [-0.2, 0) is 22.6 Å². The van der Waals surface area contributed by atoms with E-state index in [1.54, 1.807) is 24.5 Å². The molecule has 0 aliphatic carbocycles. The zero-order chi connectivity index (χ0) is 26.9. The maximum atomic E-state index is 13.1. The van der Waals surface area contributed by atoms with Gasteiger partial charge in [-0.3, -0.25) is 14.6 Å². The molecule has 2 amide bonds. The summed E-state index contributed by atoms with van der Waals surface area (Å²) in [5, 5.41) is 15.9. The van der Waals surface area contributed by atoms with E-state index in [4.69, 9.17) is 0 Å². The number of hydrogen-bond donors (Lipinski definition) is 2. The number of nitrogens with zero attached hydrogens (tertiary/aromatic N) is 5. The van der Waals surface area contributed by atoms with Crippen molar-refractivity contribution in [1.29, 1.82) is 5.26 Å². The molecule has 0 unspecified atom stereocenters. The first-order chi connectivity index (χ1) is 18.5. The number of hydrogen-bond acceptors (Lipinski definition) is 8. The van der Waals surface area contributed by atoms with E-state index >= 15 is 0 Å². The van der Waals surface area contributed by atoms with E-state index in [1.807, 2.05) is 25.1 Å². The van der Waals surface area contributed by atoms with Crippen LogP contribution in [0.4, 0.5) is 5.69 Å². The second-order valence-corrected chi connectivity index (χ2v) is 10.7. The van der Waals surface area contributed by atoms with Gasteiger partial charge < -0.3 is 25.3 Å². The van der Waals surface area contributed by atoms with E-state index in [2.05, 4.69) is 44.6 Å². The molecule has 200 valence electrons. The zero-order valence-electron chi connectivity index (χ0n) is 22.0. The van der Waals surface area contributed by atoms with Crippen molar-refractivity contribution in [2.45, 2.75) is 25.1 Å². The fourth-order valence-electron chi connectivity index (χ4n) is 4.47. The number of benzene rings is 1. The second-order valence-electron chi connectivity index (χ2n) is 9.49. The van der Waals surface area contributed by atoms with Gasteiger partial charge in [0, 0.05) is 70.4 Å². The van der Waals surface area contributed by atoms with E-state index in [0.29, 0.717) is 18.1 Å². The Morgan fingerprint density at radius 3 is 2.47 bits per heavy atom. The molecule has 2 saturated heterocycles. The molecular weight excluding hydrogens is 498 g/mol. The number of anilines is 1. The molecule has 1 aromatic heterocycles. The van der Waals surface area contributed by atoms with Crippen LogP contribution in [0.5, 0.6) is 0 Å². The molecule has 2 aliphatic rings. The normalized spacial score (nSPS) is 19.8. The van der Waals surface area contributed by atoms with Crippen molar-refractivity contribution in [3.63, 3.8) is 0 Å². The molecule has 2 aliphatic heterocycles. The smallest absolute Gasteiger partial charge is 0.264 e. The minimum atomic E-state index is -0.487. The van der Waals surface area contributed by atoms with Gasteiger partial charge in [-0.1, -0.05) is 23.9 Å². The maximum Gasteiger partial charge on any atom is 0.264 e. The number of nitriles is 1. The number of rotatable bonds is 10. The first-order valence-corrected chi connectivity index (χ1v) is 13.9. The standard InChI is InChI=1S/C28H35N7O2S/c1-3-35-27(37)25(38-28(35)24(18-29)26(36)32-19-22-8-11-30-12-9-22)20-31-23-6-4-21(5-7-23)10-13-34-16-14-33(2)15-17-34/h4-9,11-12,25,31H,3,10,13-17,19-20H2,1-2H3,(H,32,36)/b28-24-/t25-/m1/s1. The van der Waals surface area contributed by atoms with Crippen LogP contribution in [0, 0.1) is 11.3 Å². The third-order valence-electron chi connectivity index (χ3n) is 6.87. The minimum Gasteiger partial charge on any atom is -0.383 e. The third-order valence-corrected chi connectivity index (χ3v) is 8.17. The molecule has 0 bridgehead atoms. The van der Waals surface area contributed by atoms with Crippen LogP contribution in [0.25, 0.3) is 0 Å². The molecule has 3 heterocycles. The number of aromatic nitrogens is 1. The molecule has 1 atom stereocenters. The summed E-state index contributed by atoms with van der Waals surface area (Å²) in [6, 6.07) is 14.0. The van der Waals surface area contributed by atoms with Gasteiger partial charge in [0.05, 0.1) is 0 Å². The Labute approximate surface area is 228 Å². The molecule has 0 radical (unpaired) electrons. The van der Waals surface area contributed by atoms with Crippen LogP contribution in [0.2, 0.25) is 0 Å². The van der Waals surface area contributed by atoms with Gasteiger partial charge in [-0.05, 0) is 55.8 Å². The molecule has 10 heteroatoms. The van der Waals surface area contributed by atoms with Crippen LogP contribution < -0.4 is 10.6 Å². The zero-order valence-corrected chi connectivity index (χ0v) is 22.8. The van der Waals surface area contributed by atoms with Gasteiger partial charge in [-0.15, -0.1) is 0 Å². The van der Waals surface area contributed by atoms with Crippen molar-refractivity contribution in [2.75, 3.05) is 58.2 Å². The molecule has 4 rings (SSSR count). The summed E-state index contributed by atoms with van der Waals surface area (Å²) in [6.07, 6.45) is 4.31. The van der Waals surface area contributed by atoms with E-state index in [9.17, 15) is 14.9 Å². The largest absolute Gasteiger partial charge is 0.383 e. The summed E-state index contributed by atoms with van der Waals surface area (Å²) >= 11 is 1.27. The summed E-state index contributed by atoms with van der Waals surface area (Å²) in [4.78, 5) is 36.3. The molecule has 0 saturated carbocycles. The van der Waals surface area contributed by atoms with E-state index in [0.717, 1.165) is 50.4 Å². The van der Waals surface area contributed by atoms with Crippen molar-refractivity contribution < 1.29 is 9.59 Å². The van der Waals surface area contributed by atoms with Gasteiger partial charge in [0.1, 0.15) is 21.9 Å². The molecule has 1 aromatic carbocycles. The lowest BCUT2D eigenvalue weighted by Gasteiger charge is -2.32. The number of thioether (sulfide) groups is 1. The lowest BCUT2D eigenvalue weighted by Crippen LogP contribution is -2.45. The van der Waals surface area contributed by atoms with Crippen molar-refractivity contribution in [3.05, 3.63) is 70.5 Å². The van der Waals surface area contributed by atoms with E-state index in [1.165, 1.54) is 22.2 Å². The second kappa shape index (κ2) is 13.4. The van der Waals surface area contributed by atoms with Crippen molar-refractivity contribution in [1.82, 2.24) is 25.0 Å². The number of nitrogens with one attached hydrogen (secondary N) is 2. The fourth-order valence-corrected chi connectivity index (χ4v) is 5.74. The van der Waals surface area contributed by atoms with Gasteiger partial charge >= 0.3 is 0 Å². The van der Waals surface area contributed by atoms with Gasteiger partial charge in [0.25, 0.3) is 5.91 Å². The summed E-state index contributed by atoms with van der Waals surface area (Å²) in [5.74, 6) is -0.586. The number of carbonyl (C=O) groups excluding carboxylic acids is 2. The monoisotopic (exact) mass is 533 g/mol. The molecule has 2 aromatic rings. The molecular formula is C28H35N7O2S. The average molecular weight is 534 g/mol. The van der Waals surface area contributed by atoms with E-state index in [-0.39, 0.29) is 18.0 Å². The molecule has 2 N–H and O–H groups in total. The number of pyridine rings is 1. The van der Waals surface area contributed by atoms with Gasteiger partial charge in [0.15, 0.2) is 0 Å². The summed E-state index contributed by atoms with van der Waals surface area (Å²) in [6.45, 7) is 8.47. The highest BCUT2D eigenvalue weighted by Crippen LogP contribution is 2.37. The van der Waals surface area contributed by atoms with Gasteiger partial charge in [-0.2, -0.15) is 5.26 Å². The fraction of sp³-hybridized carbons (Fsp3) is 0.429. The Hall–Kier alpha value is -3.39. The molecule has 0 spiro atoms. The van der Waals surface area contributed by atoms with Crippen LogP contribution in [-0.4, -0.2) is 89.6 Å². The number of likely N-dealkylation sites (N-methyl/N-ethyl adjacent to an activating group) is 1. The van der Waals surface area contributed by atoms with Crippen LogP contribution in [0.1, 0.15) is 18.1 Å². The maximum absolute atomic E-state index is 13.1. The third kappa shape index (κ3) is 7.13. The number of piperazine rings is 1. The topological polar surface area (TPSA) is 105 Å². The summed E-state index contributed by atoms with van der Waals surface area (Å²) < 4.78 is 0. The predicted octanol–water partition coefficient (Wildman–Crippen LogP) is 2.30. The van der Waals surface area contributed by atoms with Crippen LogP contribution in [0.15, 0.2) is 59.4 Å². The lowest BCUT2D eigenvalue weighted by atomic mass is 10.1. The summed E-state index contributed by atoms with van der Waals surface area (Å²) in [5.41, 5.74) is 3.08. The van der Waals surface area contributed by atoms with E-state index < -0.39 is 11.2 Å². The van der Waals surface area contributed by atoms with Crippen LogP contribution >= 0.6 is 11.8 Å². The van der Waals surface area contributed by atoms with Crippen molar-refractivity contribution >= 4 is 29.3 Å². The quantitative estimate of drug-likeness (QED) is 0.354. The molecule has 38 heavy (non-hydrogen) atoms. The highest BCUT2D eigenvalue weighted by Gasteiger charge is 2.38. The minimum absolute atomic E-state index is 0.0357. The number of carbonyl (C=O) groups is 2. The first kappa shape index (κ1) is 27.6. The predicted molar refractivity (Wildman–Crippen MR) is 150 cm³/mol. The molecule has 2 fully saturated rings. The number of amides is 2. The van der Waals surface area contributed by atoms with Crippen molar-refractivity contribution in [2.24, 2.45) is 0 Å².